The van der Waals surface area contributed by atoms with Crippen molar-refractivity contribution in [3.05, 3.63) is 65.2 Å². The number of hydrogen-bond donors (Lipinski definition) is 0. The van der Waals surface area contributed by atoms with E-state index in [-0.39, 0.29) is 29.3 Å². The summed E-state index contributed by atoms with van der Waals surface area (Å²) in [7, 11) is -1.92. The molecule has 1 aliphatic heterocycles. The van der Waals surface area contributed by atoms with E-state index in [9.17, 15) is 22.0 Å². The quantitative estimate of drug-likeness (QED) is 0.638. The number of sulfonamides is 1. The average Bonchev–Trinajstić information content (AvgIpc) is 3.04. The van der Waals surface area contributed by atoms with Gasteiger partial charge in [-0.3, -0.25) is 4.79 Å². The Hall–Kier alpha value is -2.32. The Morgan fingerprint density at radius 3 is 2.26 bits per heavy atom. The molecule has 0 N–H and O–H groups in total. The lowest BCUT2D eigenvalue weighted by Gasteiger charge is -2.20. The number of benzene rings is 2. The van der Waals surface area contributed by atoms with Crippen molar-refractivity contribution in [3.63, 3.8) is 0 Å². The van der Waals surface area contributed by atoms with Crippen LogP contribution >= 0.6 is 0 Å². The molecule has 1 heterocycles. The van der Waals surface area contributed by atoms with Crippen molar-refractivity contribution in [2.75, 3.05) is 20.1 Å². The zero-order valence-corrected chi connectivity index (χ0v) is 18.5. The van der Waals surface area contributed by atoms with Gasteiger partial charge in [-0.05, 0) is 43.0 Å². The lowest BCUT2D eigenvalue weighted by Crippen LogP contribution is -2.31. The molecule has 1 amide bonds. The fourth-order valence-electron chi connectivity index (χ4n) is 3.69. The van der Waals surface area contributed by atoms with Gasteiger partial charge in [0.25, 0.3) is 0 Å². The molecule has 2 aromatic rings. The third-order valence-electron chi connectivity index (χ3n) is 5.60. The van der Waals surface area contributed by atoms with Gasteiger partial charge in [0, 0.05) is 44.7 Å². The predicted molar refractivity (Wildman–Crippen MR) is 115 cm³/mol. The molecule has 5 nitrogen and oxygen atoms in total. The van der Waals surface area contributed by atoms with Crippen molar-refractivity contribution < 1.29 is 22.0 Å². The Labute approximate surface area is 182 Å². The SMILES string of the molecule is CN(Cc1ccc(F)cc1F)C(=O)CCc1ccc(S(=O)(=O)N2CCCCCC2)cc1. The summed E-state index contributed by atoms with van der Waals surface area (Å²) < 4.78 is 54.0. The summed E-state index contributed by atoms with van der Waals surface area (Å²) in [5, 5.41) is 0. The van der Waals surface area contributed by atoms with Crippen LogP contribution in [0.2, 0.25) is 0 Å². The molecule has 31 heavy (non-hydrogen) atoms. The van der Waals surface area contributed by atoms with Crippen LogP contribution in [0.25, 0.3) is 0 Å². The van der Waals surface area contributed by atoms with Crippen LogP contribution in [-0.2, 0) is 27.8 Å². The maximum atomic E-state index is 13.8. The molecule has 0 aliphatic carbocycles. The molecule has 1 saturated heterocycles. The van der Waals surface area contributed by atoms with E-state index in [1.54, 1.807) is 35.6 Å². The fraction of sp³-hybridized carbons (Fsp3) is 0.435. The van der Waals surface area contributed by atoms with Gasteiger partial charge in [-0.15, -0.1) is 0 Å². The molecule has 2 aromatic carbocycles. The van der Waals surface area contributed by atoms with E-state index in [4.69, 9.17) is 0 Å². The molecule has 0 aromatic heterocycles. The molecule has 0 saturated carbocycles. The minimum absolute atomic E-state index is 0.0535. The maximum Gasteiger partial charge on any atom is 0.243 e. The van der Waals surface area contributed by atoms with Gasteiger partial charge in [-0.25, -0.2) is 17.2 Å². The number of hydrogen-bond acceptors (Lipinski definition) is 3. The van der Waals surface area contributed by atoms with Crippen molar-refractivity contribution in [1.29, 1.82) is 0 Å². The molecule has 0 spiro atoms. The van der Waals surface area contributed by atoms with Crippen LogP contribution in [0, 0.1) is 11.6 Å². The standard InChI is InChI=1S/C23H28F2N2O3S/c1-26(17-19-9-10-20(24)16-22(19)25)23(28)13-8-18-6-11-21(12-7-18)31(29,30)27-14-4-2-3-5-15-27/h6-7,9-12,16H,2-5,8,13-15,17H2,1H3. The minimum atomic E-state index is -3.49. The van der Waals surface area contributed by atoms with Gasteiger partial charge in [0.1, 0.15) is 11.6 Å². The highest BCUT2D eigenvalue weighted by Crippen LogP contribution is 2.21. The second-order valence-electron chi connectivity index (χ2n) is 7.95. The molecule has 0 unspecified atom stereocenters. The first-order valence-corrected chi connectivity index (χ1v) is 12.0. The average molecular weight is 451 g/mol. The van der Waals surface area contributed by atoms with Crippen LogP contribution in [-0.4, -0.2) is 43.7 Å². The third-order valence-corrected chi connectivity index (χ3v) is 7.51. The van der Waals surface area contributed by atoms with Crippen molar-refractivity contribution in [2.45, 2.75) is 50.0 Å². The predicted octanol–water partition coefficient (Wildman–Crippen LogP) is 4.12. The topological polar surface area (TPSA) is 57.7 Å². The van der Waals surface area contributed by atoms with Crippen molar-refractivity contribution in [1.82, 2.24) is 9.21 Å². The number of carbonyl (C=O) groups excluding carboxylic acids is 1. The first-order chi connectivity index (χ1) is 14.8. The van der Waals surface area contributed by atoms with Crippen LogP contribution in [0.5, 0.6) is 0 Å². The summed E-state index contributed by atoms with van der Waals surface area (Å²) in [6.07, 6.45) is 4.53. The highest BCUT2D eigenvalue weighted by molar-refractivity contribution is 7.89. The smallest absolute Gasteiger partial charge is 0.243 e. The van der Waals surface area contributed by atoms with Crippen LogP contribution in [0.15, 0.2) is 47.4 Å². The fourth-order valence-corrected chi connectivity index (χ4v) is 5.21. The van der Waals surface area contributed by atoms with Crippen LogP contribution in [0.4, 0.5) is 8.78 Å². The molecule has 0 atom stereocenters. The molecule has 3 rings (SSSR count). The largest absolute Gasteiger partial charge is 0.341 e. The van der Waals surface area contributed by atoms with Gasteiger partial charge in [0.05, 0.1) is 4.90 Å². The van der Waals surface area contributed by atoms with Gasteiger partial charge >= 0.3 is 0 Å². The van der Waals surface area contributed by atoms with Crippen LogP contribution in [0.3, 0.4) is 0 Å². The molecule has 8 heteroatoms. The Morgan fingerprint density at radius 1 is 1.00 bits per heavy atom. The summed E-state index contributed by atoms with van der Waals surface area (Å²) in [6.45, 7) is 1.16. The van der Waals surface area contributed by atoms with Gasteiger partial charge in [0.2, 0.25) is 15.9 Å². The van der Waals surface area contributed by atoms with Crippen LogP contribution < -0.4 is 0 Å². The molecule has 0 bridgehead atoms. The number of nitrogens with zero attached hydrogens (tertiary/aromatic N) is 2. The Balaban J connectivity index is 1.56. The van der Waals surface area contributed by atoms with Gasteiger partial charge in [-0.1, -0.05) is 31.0 Å². The van der Waals surface area contributed by atoms with Gasteiger partial charge in [0.15, 0.2) is 0 Å². The van der Waals surface area contributed by atoms with Crippen molar-refractivity contribution in [2.24, 2.45) is 0 Å². The first kappa shape index (κ1) is 23.3. The van der Waals surface area contributed by atoms with E-state index in [1.807, 2.05) is 0 Å². The van der Waals surface area contributed by atoms with E-state index < -0.39 is 21.7 Å². The molecule has 1 fully saturated rings. The van der Waals surface area contributed by atoms with E-state index in [1.165, 1.54) is 11.0 Å². The maximum absolute atomic E-state index is 13.8. The third kappa shape index (κ3) is 6.11. The number of halogens is 2. The number of rotatable bonds is 7. The van der Waals surface area contributed by atoms with Crippen molar-refractivity contribution in [3.8, 4) is 0 Å². The second-order valence-corrected chi connectivity index (χ2v) is 9.89. The summed E-state index contributed by atoms with van der Waals surface area (Å²) >= 11 is 0. The molecular formula is C23H28F2N2O3S. The molecular weight excluding hydrogens is 422 g/mol. The molecule has 0 radical (unpaired) electrons. The zero-order chi connectivity index (χ0) is 22.4. The number of aryl methyl sites for hydroxylation is 1. The first-order valence-electron chi connectivity index (χ1n) is 10.5. The van der Waals surface area contributed by atoms with Gasteiger partial charge < -0.3 is 4.90 Å². The Bertz CT molecular complexity index is 1000. The second kappa shape index (κ2) is 10.3. The Morgan fingerprint density at radius 2 is 1.65 bits per heavy atom. The number of amides is 1. The summed E-state index contributed by atoms with van der Waals surface area (Å²) in [6, 6.07) is 9.95. The highest BCUT2D eigenvalue weighted by atomic mass is 32.2. The van der Waals surface area contributed by atoms with Gasteiger partial charge in [-0.2, -0.15) is 4.31 Å². The van der Waals surface area contributed by atoms with E-state index in [2.05, 4.69) is 0 Å². The summed E-state index contributed by atoms with van der Waals surface area (Å²) in [4.78, 5) is 14.1. The lowest BCUT2D eigenvalue weighted by molar-refractivity contribution is -0.130. The van der Waals surface area contributed by atoms with E-state index in [0.29, 0.717) is 19.5 Å². The van der Waals surface area contributed by atoms with Crippen LogP contribution in [0.1, 0.15) is 43.2 Å². The summed E-state index contributed by atoms with van der Waals surface area (Å²) in [5.41, 5.74) is 1.10. The normalized spacial score (nSPS) is 15.5. The van der Waals surface area contributed by atoms with Crippen molar-refractivity contribution >= 4 is 15.9 Å². The number of carbonyl (C=O) groups is 1. The monoisotopic (exact) mass is 450 g/mol. The molecule has 168 valence electrons. The summed E-state index contributed by atoms with van der Waals surface area (Å²) in [5.74, 6) is -1.51. The molecule has 1 aliphatic rings. The Kier molecular flexibility index (Phi) is 7.78. The van der Waals surface area contributed by atoms with E-state index in [0.717, 1.165) is 43.4 Å². The van der Waals surface area contributed by atoms with E-state index >= 15 is 0 Å². The minimum Gasteiger partial charge on any atom is -0.341 e. The highest BCUT2D eigenvalue weighted by Gasteiger charge is 2.25. The lowest BCUT2D eigenvalue weighted by atomic mass is 10.1. The zero-order valence-electron chi connectivity index (χ0n) is 17.7.